The van der Waals surface area contributed by atoms with Crippen molar-refractivity contribution in [2.75, 3.05) is 0 Å². The zero-order chi connectivity index (χ0) is 10.6. The van der Waals surface area contributed by atoms with Crippen LogP contribution in [0.25, 0.3) is 0 Å². The number of hydrogen-bond donors (Lipinski definition) is 1. The summed E-state index contributed by atoms with van der Waals surface area (Å²) in [5, 5.41) is 0. The molecule has 0 radical (unpaired) electrons. The Morgan fingerprint density at radius 2 is 2.36 bits per heavy atom. The number of rotatable bonds is 4. The molecular weight excluding hydrogens is 172 g/mol. The fourth-order valence-electron chi connectivity index (χ4n) is 1.37. The highest BCUT2D eigenvalue weighted by molar-refractivity contribution is 5.19. The van der Waals surface area contributed by atoms with Gasteiger partial charge in [0.15, 0.2) is 0 Å². The molecule has 0 aliphatic rings. The van der Waals surface area contributed by atoms with E-state index in [1.165, 1.54) is 11.1 Å². The molecule has 0 spiro atoms. The number of aromatic nitrogens is 1. The minimum atomic E-state index is 0.105. The normalized spacial score (nSPS) is 12.5. The van der Waals surface area contributed by atoms with Gasteiger partial charge in [-0.05, 0) is 44.4 Å². The molecule has 0 saturated carbocycles. The summed E-state index contributed by atoms with van der Waals surface area (Å²) in [6.07, 6.45) is 3.76. The third-order valence-corrected chi connectivity index (χ3v) is 2.23. The Morgan fingerprint density at radius 3 is 2.93 bits per heavy atom. The molecule has 14 heavy (non-hydrogen) atoms. The smallest absolute Gasteiger partial charge is 0.0375 e. The Bertz CT molecular complexity index is 318. The summed E-state index contributed by atoms with van der Waals surface area (Å²) in [4.78, 5) is 4.14. The molecule has 2 heteroatoms. The maximum absolute atomic E-state index is 6.04. The maximum atomic E-state index is 6.04. The van der Waals surface area contributed by atoms with E-state index in [0.29, 0.717) is 0 Å². The highest BCUT2D eigenvalue weighted by Gasteiger charge is 2.05. The highest BCUT2D eigenvalue weighted by Crippen LogP contribution is 2.17. The molecule has 0 aliphatic carbocycles. The van der Waals surface area contributed by atoms with Crippen molar-refractivity contribution in [2.45, 2.75) is 32.7 Å². The molecule has 2 nitrogen and oxygen atoms in total. The summed E-state index contributed by atoms with van der Waals surface area (Å²) >= 11 is 0. The van der Waals surface area contributed by atoms with Gasteiger partial charge in [0, 0.05) is 17.9 Å². The van der Waals surface area contributed by atoms with Gasteiger partial charge in [0.25, 0.3) is 0 Å². The molecule has 1 aromatic heterocycles. The summed E-state index contributed by atoms with van der Waals surface area (Å²) in [6, 6.07) is 4.13. The molecule has 76 valence electrons. The van der Waals surface area contributed by atoms with Crippen molar-refractivity contribution in [3.63, 3.8) is 0 Å². The third-order valence-electron chi connectivity index (χ3n) is 2.23. The second-order valence-electron chi connectivity index (χ2n) is 3.83. The Hall–Kier alpha value is -1.15. The third kappa shape index (κ3) is 3.30. The lowest BCUT2D eigenvalue weighted by Crippen LogP contribution is -2.10. The van der Waals surface area contributed by atoms with Crippen LogP contribution in [0.4, 0.5) is 0 Å². The topological polar surface area (TPSA) is 38.9 Å². The second kappa shape index (κ2) is 4.91. The van der Waals surface area contributed by atoms with Crippen LogP contribution >= 0.6 is 0 Å². The van der Waals surface area contributed by atoms with Crippen molar-refractivity contribution < 1.29 is 0 Å². The van der Waals surface area contributed by atoms with Gasteiger partial charge in [-0.15, -0.1) is 6.58 Å². The zero-order valence-corrected chi connectivity index (χ0v) is 8.96. The average Bonchev–Trinajstić information content (AvgIpc) is 2.14. The highest BCUT2D eigenvalue weighted by atomic mass is 14.7. The van der Waals surface area contributed by atoms with Gasteiger partial charge in [0.1, 0.15) is 0 Å². The minimum absolute atomic E-state index is 0.105. The molecule has 0 amide bonds. The Balaban J connectivity index is 2.60. The van der Waals surface area contributed by atoms with Gasteiger partial charge in [-0.3, -0.25) is 4.98 Å². The summed E-state index contributed by atoms with van der Waals surface area (Å²) in [5.41, 5.74) is 9.42. The van der Waals surface area contributed by atoms with Crippen molar-refractivity contribution in [1.82, 2.24) is 4.98 Å². The molecule has 1 rings (SSSR count). The number of pyridine rings is 1. The van der Waals surface area contributed by atoms with E-state index < -0.39 is 0 Å². The quantitative estimate of drug-likeness (QED) is 0.741. The molecule has 2 N–H and O–H groups in total. The Labute approximate surface area is 85.9 Å². The van der Waals surface area contributed by atoms with Crippen LogP contribution in [0, 0.1) is 6.92 Å². The SMILES string of the molecule is C=C(C)CCC(N)c1ccnc(C)c1. The van der Waals surface area contributed by atoms with Gasteiger partial charge in [0.05, 0.1) is 0 Å². The summed E-state index contributed by atoms with van der Waals surface area (Å²) < 4.78 is 0. The lowest BCUT2D eigenvalue weighted by atomic mass is 10.0. The lowest BCUT2D eigenvalue weighted by molar-refractivity contribution is 0.647. The first-order chi connectivity index (χ1) is 6.59. The predicted octanol–water partition coefficient (Wildman–Crippen LogP) is 2.75. The molecule has 0 fully saturated rings. The second-order valence-corrected chi connectivity index (χ2v) is 3.83. The van der Waals surface area contributed by atoms with Crippen molar-refractivity contribution in [2.24, 2.45) is 5.73 Å². The van der Waals surface area contributed by atoms with Gasteiger partial charge >= 0.3 is 0 Å². The summed E-state index contributed by atoms with van der Waals surface area (Å²) in [5.74, 6) is 0. The average molecular weight is 190 g/mol. The predicted molar refractivity (Wildman–Crippen MR) is 60.0 cm³/mol. The summed E-state index contributed by atoms with van der Waals surface area (Å²) in [7, 11) is 0. The van der Waals surface area contributed by atoms with Gasteiger partial charge in [-0.1, -0.05) is 5.57 Å². The lowest BCUT2D eigenvalue weighted by Gasteiger charge is -2.11. The number of allylic oxidation sites excluding steroid dienone is 1. The van der Waals surface area contributed by atoms with Crippen molar-refractivity contribution in [3.8, 4) is 0 Å². The van der Waals surface area contributed by atoms with Crippen molar-refractivity contribution in [1.29, 1.82) is 0 Å². The van der Waals surface area contributed by atoms with Crippen LogP contribution in [0.3, 0.4) is 0 Å². The van der Waals surface area contributed by atoms with Gasteiger partial charge in [0.2, 0.25) is 0 Å². The van der Waals surface area contributed by atoms with E-state index in [-0.39, 0.29) is 6.04 Å². The van der Waals surface area contributed by atoms with Gasteiger partial charge in [-0.2, -0.15) is 0 Å². The Kier molecular flexibility index (Phi) is 3.84. The zero-order valence-electron chi connectivity index (χ0n) is 8.96. The van der Waals surface area contributed by atoms with Crippen LogP contribution in [-0.4, -0.2) is 4.98 Å². The maximum Gasteiger partial charge on any atom is 0.0375 e. The molecule has 0 aliphatic heterocycles. The van der Waals surface area contributed by atoms with E-state index >= 15 is 0 Å². The van der Waals surface area contributed by atoms with Crippen molar-refractivity contribution >= 4 is 0 Å². The first-order valence-electron chi connectivity index (χ1n) is 4.92. The molecule has 1 unspecified atom stereocenters. The first kappa shape index (κ1) is 10.9. The van der Waals surface area contributed by atoms with E-state index in [0.717, 1.165) is 18.5 Å². The molecule has 1 aromatic rings. The van der Waals surface area contributed by atoms with Crippen LogP contribution < -0.4 is 5.73 Å². The van der Waals surface area contributed by atoms with Crippen LogP contribution in [0.5, 0.6) is 0 Å². The van der Waals surface area contributed by atoms with E-state index in [4.69, 9.17) is 5.73 Å². The van der Waals surface area contributed by atoms with Gasteiger partial charge < -0.3 is 5.73 Å². The van der Waals surface area contributed by atoms with Crippen LogP contribution in [0.1, 0.15) is 37.1 Å². The van der Waals surface area contributed by atoms with Crippen molar-refractivity contribution in [3.05, 3.63) is 41.7 Å². The van der Waals surface area contributed by atoms with E-state index in [9.17, 15) is 0 Å². The molecule has 1 atom stereocenters. The Morgan fingerprint density at radius 1 is 1.64 bits per heavy atom. The first-order valence-corrected chi connectivity index (χ1v) is 4.92. The number of nitrogens with zero attached hydrogens (tertiary/aromatic N) is 1. The minimum Gasteiger partial charge on any atom is -0.324 e. The van der Waals surface area contributed by atoms with Gasteiger partial charge in [-0.25, -0.2) is 0 Å². The fourth-order valence-corrected chi connectivity index (χ4v) is 1.37. The molecule has 0 saturated heterocycles. The molecule has 1 heterocycles. The molecule has 0 aromatic carbocycles. The molecular formula is C12H18N2. The standard InChI is InChI=1S/C12H18N2/c1-9(2)4-5-12(13)11-6-7-14-10(3)8-11/h6-8,12H,1,4-5,13H2,2-3H3. The number of nitrogens with two attached hydrogens (primary N) is 1. The van der Waals surface area contributed by atoms with E-state index in [1.54, 1.807) is 0 Å². The van der Waals surface area contributed by atoms with E-state index in [1.807, 2.05) is 32.2 Å². The fraction of sp³-hybridized carbons (Fsp3) is 0.417. The van der Waals surface area contributed by atoms with Crippen LogP contribution in [0.15, 0.2) is 30.5 Å². The van der Waals surface area contributed by atoms with Crippen LogP contribution in [0.2, 0.25) is 0 Å². The monoisotopic (exact) mass is 190 g/mol. The summed E-state index contributed by atoms with van der Waals surface area (Å²) in [6.45, 7) is 7.88. The van der Waals surface area contributed by atoms with Crippen LogP contribution in [-0.2, 0) is 0 Å². The molecule has 0 bridgehead atoms. The number of aryl methyl sites for hydroxylation is 1. The largest absolute Gasteiger partial charge is 0.324 e. The van der Waals surface area contributed by atoms with E-state index in [2.05, 4.69) is 11.6 Å². The number of hydrogen-bond acceptors (Lipinski definition) is 2.